The average molecular weight is 275 g/mol. The second kappa shape index (κ2) is 5.76. The maximum absolute atomic E-state index is 9.43. The molecule has 1 aromatic rings. The highest BCUT2D eigenvalue weighted by atomic mass is 16.5. The van der Waals surface area contributed by atoms with Crippen LogP contribution in [0.2, 0.25) is 0 Å². The second-order valence-corrected chi connectivity index (χ2v) is 6.05. The van der Waals surface area contributed by atoms with E-state index in [-0.39, 0.29) is 0 Å². The molecule has 0 aromatic heterocycles. The number of hydrogen-bond acceptors (Lipinski definition) is 4. The van der Waals surface area contributed by atoms with Crippen molar-refractivity contribution in [3.05, 3.63) is 23.8 Å². The normalized spacial score (nSPS) is 18.4. The first-order chi connectivity index (χ1) is 9.67. The topological polar surface area (TPSA) is 52.9 Å². The summed E-state index contributed by atoms with van der Waals surface area (Å²) in [7, 11) is 0.0625. The molecule has 108 valence electrons. The third-order valence-electron chi connectivity index (χ3n) is 4.21. The fourth-order valence-electron chi connectivity index (χ4n) is 2.73. The molecular weight excluding hydrogens is 253 g/mol. The van der Waals surface area contributed by atoms with Gasteiger partial charge in [0, 0.05) is 24.6 Å². The molecule has 0 spiro atoms. The van der Waals surface area contributed by atoms with Crippen molar-refractivity contribution in [2.24, 2.45) is 5.92 Å². The molecule has 2 fully saturated rings. The summed E-state index contributed by atoms with van der Waals surface area (Å²) < 4.78 is 5.17. The molecule has 0 bridgehead atoms. The molecule has 20 heavy (non-hydrogen) atoms. The first-order valence-corrected chi connectivity index (χ1v) is 7.44. The van der Waals surface area contributed by atoms with Crippen LogP contribution in [0.15, 0.2) is 18.2 Å². The molecule has 0 amide bonds. The number of rotatable bonds is 7. The quantitative estimate of drug-likeness (QED) is 0.721. The highest BCUT2D eigenvalue weighted by Crippen LogP contribution is 2.35. The van der Waals surface area contributed by atoms with Crippen LogP contribution in [-0.2, 0) is 6.54 Å². The summed E-state index contributed by atoms with van der Waals surface area (Å²) >= 11 is 0. The molecule has 2 saturated carbocycles. The monoisotopic (exact) mass is 275 g/mol. The molecule has 2 aliphatic carbocycles. The zero-order chi connectivity index (χ0) is 14.1. The average Bonchev–Trinajstić information content (AvgIpc) is 3.30. The summed E-state index contributed by atoms with van der Waals surface area (Å²) in [5.74, 6) is 1.42. The molecule has 0 atom stereocenters. The molecule has 5 heteroatoms. The Labute approximate surface area is 120 Å². The van der Waals surface area contributed by atoms with E-state index < -0.39 is 7.12 Å². The minimum Gasteiger partial charge on any atom is -0.497 e. The summed E-state index contributed by atoms with van der Waals surface area (Å²) in [4.78, 5) is 2.55. The predicted molar refractivity (Wildman–Crippen MR) is 79.0 cm³/mol. The zero-order valence-electron chi connectivity index (χ0n) is 12.0. The van der Waals surface area contributed by atoms with E-state index in [1.807, 2.05) is 18.2 Å². The molecule has 3 rings (SSSR count). The van der Waals surface area contributed by atoms with Crippen LogP contribution in [0.3, 0.4) is 0 Å². The number of ether oxygens (including phenoxy) is 1. The van der Waals surface area contributed by atoms with Gasteiger partial charge in [0.15, 0.2) is 0 Å². The van der Waals surface area contributed by atoms with Gasteiger partial charge in [0.1, 0.15) is 5.75 Å². The Morgan fingerprint density at radius 3 is 2.55 bits per heavy atom. The molecule has 0 heterocycles. The first kappa shape index (κ1) is 13.9. The van der Waals surface area contributed by atoms with Gasteiger partial charge in [-0.2, -0.15) is 0 Å². The Morgan fingerprint density at radius 1 is 1.25 bits per heavy atom. The van der Waals surface area contributed by atoms with Crippen LogP contribution in [-0.4, -0.2) is 41.8 Å². The van der Waals surface area contributed by atoms with Crippen molar-refractivity contribution in [2.45, 2.75) is 38.3 Å². The molecule has 0 aliphatic heterocycles. The van der Waals surface area contributed by atoms with Crippen LogP contribution in [0.4, 0.5) is 0 Å². The van der Waals surface area contributed by atoms with Crippen LogP contribution in [0.25, 0.3) is 0 Å². The minimum atomic E-state index is -1.48. The van der Waals surface area contributed by atoms with Gasteiger partial charge in [-0.05, 0) is 43.2 Å². The summed E-state index contributed by atoms with van der Waals surface area (Å²) in [6, 6.07) is 6.44. The highest BCUT2D eigenvalue weighted by Gasteiger charge is 2.33. The largest absolute Gasteiger partial charge is 0.497 e. The van der Waals surface area contributed by atoms with Gasteiger partial charge in [0.25, 0.3) is 0 Å². The van der Waals surface area contributed by atoms with Crippen molar-refractivity contribution in [3.63, 3.8) is 0 Å². The van der Waals surface area contributed by atoms with Gasteiger partial charge in [-0.25, -0.2) is 0 Å². The lowest BCUT2D eigenvalue weighted by Gasteiger charge is -2.22. The van der Waals surface area contributed by atoms with Crippen LogP contribution in [0.5, 0.6) is 5.75 Å². The van der Waals surface area contributed by atoms with Crippen molar-refractivity contribution < 1.29 is 14.8 Å². The lowest BCUT2D eigenvalue weighted by atomic mass is 9.78. The molecule has 0 unspecified atom stereocenters. The molecule has 2 aliphatic rings. The van der Waals surface area contributed by atoms with E-state index in [9.17, 15) is 10.0 Å². The SMILES string of the molecule is COc1ccc(CN(CC2CC2)C2CC2)cc1B(O)O. The van der Waals surface area contributed by atoms with Crippen LogP contribution in [0, 0.1) is 5.92 Å². The Morgan fingerprint density at radius 2 is 2.00 bits per heavy atom. The highest BCUT2D eigenvalue weighted by molar-refractivity contribution is 6.59. The van der Waals surface area contributed by atoms with Crippen molar-refractivity contribution in [1.29, 1.82) is 0 Å². The molecule has 0 radical (unpaired) electrons. The molecule has 0 saturated heterocycles. The van der Waals surface area contributed by atoms with E-state index in [1.54, 1.807) is 7.11 Å². The predicted octanol–water partition coefficient (Wildman–Crippen LogP) is 0.749. The van der Waals surface area contributed by atoms with Gasteiger partial charge in [0.05, 0.1) is 7.11 Å². The zero-order valence-corrected chi connectivity index (χ0v) is 12.0. The standard InChI is InChI=1S/C15H22BNO3/c1-20-15-7-4-12(8-14(15)16(18)19)10-17(13-5-6-13)9-11-2-3-11/h4,7-8,11,13,18-19H,2-3,5-6,9-10H2,1H3. The number of hydrogen-bond donors (Lipinski definition) is 2. The van der Waals surface area contributed by atoms with E-state index in [0.29, 0.717) is 11.2 Å². The fraction of sp³-hybridized carbons (Fsp3) is 0.600. The molecule has 1 aromatic carbocycles. The number of nitrogens with zero attached hydrogens (tertiary/aromatic N) is 1. The Balaban J connectivity index is 1.73. The van der Waals surface area contributed by atoms with E-state index in [4.69, 9.17) is 4.74 Å². The Kier molecular flexibility index (Phi) is 4.01. The summed E-state index contributed by atoms with van der Waals surface area (Å²) in [6.07, 6.45) is 5.34. The summed E-state index contributed by atoms with van der Waals surface area (Å²) in [5.41, 5.74) is 1.58. The van der Waals surface area contributed by atoms with Crippen LogP contribution >= 0.6 is 0 Å². The fourth-order valence-corrected chi connectivity index (χ4v) is 2.73. The minimum absolute atomic E-state index is 0.451. The Bertz CT molecular complexity index is 472. The van der Waals surface area contributed by atoms with Crippen molar-refractivity contribution in [3.8, 4) is 5.75 Å². The van der Waals surface area contributed by atoms with Crippen molar-refractivity contribution in [2.75, 3.05) is 13.7 Å². The second-order valence-electron chi connectivity index (χ2n) is 6.05. The lowest BCUT2D eigenvalue weighted by molar-refractivity contribution is 0.244. The molecule has 2 N–H and O–H groups in total. The summed E-state index contributed by atoms with van der Waals surface area (Å²) in [6.45, 7) is 2.08. The maximum atomic E-state index is 9.43. The maximum Gasteiger partial charge on any atom is 0.492 e. The smallest absolute Gasteiger partial charge is 0.492 e. The van der Waals surface area contributed by atoms with E-state index in [1.165, 1.54) is 32.2 Å². The van der Waals surface area contributed by atoms with Crippen molar-refractivity contribution >= 4 is 12.6 Å². The van der Waals surface area contributed by atoms with Gasteiger partial charge in [0.2, 0.25) is 0 Å². The lowest BCUT2D eigenvalue weighted by Crippen LogP contribution is -2.33. The van der Waals surface area contributed by atoms with Crippen LogP contribution in [0.1, 0.15) is 31.2 Å². The Hall–Kier alpha value is -1.04. The molecular formula is C15H22BNO3. The third-order valence-corrected chi connectivity index (χ3v) is 4.21. The van der Waals surface area contributed by atoms with E-state index in [2.05, 4.69) is 4.90 Å². The third kappa shape index (κ3) is 3.34. The van der Waals surface area contributed by atoms with Crippen molar-refractivity contribution in [1.82, 2.24) is 4.90 Å². The summed E-state index contributed by atoms with van der Waals surface area (Å²) in [5, 5.41) is 18.9. The van der Waals surface area contributed by atoms with Gasteiger partial charge < -0.3 is 14.8 Å². The van der Waals surface area contributed by atoms with Gasteiger partial charge in [-0.1, -0.05) is 12.1 Å². The van der Waals surface area contributed by atoms with Gasteiger partial charge in [-0.3, -0.25) is 4.90 Å². The van der Waals surface area contributed by atoms with E-state index >= 15 is 0 Å². The van der Waals surface area contributed by atoms with Crippen LogP contribution < -0.4 is 10.2 Å². The van der Waals surface area contributed by atoms with Gasteiger partial charge in [-0.15, -0.1) is 0 Å². The van der Waals surface area contributed by atoms with E-state index in [0.717, 1.165) is 24.1 Å². The van der Waals surface area contributed by atoms with Gasteiger partial charge >= 0.3 is 7.12 Å². The number of methoxy groups -OCH3 is 1. The number of benzene rings is 1. The molecule has 4 nitrogen and oxygen atoms in total. The first-order valence-electron chi connectivity index (χ1n) is 7.44.